The Labute approximate surface area is 126 Å². The number of anilines is 1. The molecule has 1 amide bonds. The summed E-state index contributed by atoms with van der Waals surface area (Å²) in [6.07, 6.45) is 1.70. The van der Waals surface area contributed by atoms with Crippen LogP contribution in [0.2, 0.25) is 0 Å². The van der Waals surface area contributed by atoms with Crippen LogP contribution >= 0.6 is 23.1 Å². The first kappa shape index (κ1) is 14.9. The first-order valence-corrected chi connectivity index (χ1v) is 8.05. The minimum absolute atomic E-state index is 0.0100. The van der Waals surface area contributed by atoms with E-state index >= 15 is 0 Å². The third-order valence-corrected chi connectivity index (χ3v) is 4.90. The predicted molar refractivity (Wildman–Crippen MR) is 85.0 cm³/mol. The highest BCUT2D eigenvalue weighted by Crippen LogP contribution is 2.26. The number of hydrogen-bond donors (Lipinski definition) is 2. The van der Waals surface area contributed by atoms with Gasteiger partial charge in [-0.15, -0.1) is 11.8 Å². The molecule has 0 radical (unpaired) electrons. The Morgan fingerprint density at radius 1 is 1.50 bits per heavy atom. The van der Waals surface area contributed by atoms with Crippen molar-refractivity contribution in [2.45, 2.75) is 24.1 Å². The Balaban J connectivity index is 1.87. The molecule has 0 bridgehead atoms. The third kappa shape index (κ3) is 3.98. The minimum atomic E-state index is 0.0100. The maximum absolute atomic E-state index is 11.9. The second-order valence-corrected chi connectivity index (χ2v) is 6.79. The monoisotopic (exact) mass is 307 g/mol. The predicted octanol–water partition coefficient (Wildman–Crippen LogP) is 3.00. The molecule has 3 N–H and O–H groups in total. The summed E-state index contributed by atoms with van der Waals surface area (Å²) in [5.74, 6) is 0.385. The molecule has 106 valence electrons. The van der Waals surface area contributed by atoms with Gasteiger partial charge >= 0.3 is 0 Å². The SMILES string of the molecule is Cc1ccccc1C(C)NC(=O)CSc1cnc(N)s1. The number of rotatable bonds is 5. The van der Waals surface area contributed by atoms with Crippen molar-refractivity contribution in [2.24, 2.45) is 0 Å². The third-order valence-electron chi connectivity index (χ3n) is 2.88. The summed E-state index contributed by atoms with van der Waals surface area (Å²) in [6, 6.07) is 8.08. The summed E-state index contributed by atoms with van der Waals surface area (Å²) in [5, 5.41) is 3.54. The zero-order valence-electron chi connectivity index (χ0n) is 11.4. The highest BCUT2D eigenvalue weighted by molar-refractivity contribution is 8.01. The number of amides is 1. The van der Waals surface area contributed by atoms with Crippen molar-refractivity contribution in [3.8, 4) is 0 Å². The molecule has 1 aromatic heterocycles. The average Bonchev–Trinajstić information content (AvgIpc) is 2.82. The number of aromatic nitrogens is 1. The maximum Gasteiger partial charge on any atom is 0.230 e. The summed E-state index contributed by atoms with van der Waals surface area (Å²) in [6.45, 7) is 4.04. The molecule has 1 atom stereocenters. The summed E-state index contributed by atoms with van der Waals surface area (Å²) in [4.78, 5) is 15.9. The summed E-state index contributed by atoms with van der Waals surface area (Å²) < 4.78 is 0.959. The minimum Gasteiger partial charge on any atom is -0.375 e. The lowest BCUT2D eigenvalue weighted by Gasteiger charge is -2.16. The van der Waals surface area contributed by atoms with Gasteiger partial charge in [0.1, 0.15) is 0 Å². The molecule has 1 unspecified atom stereocenters. The highest BCUT2D eigenvalue weighted by Gasteiger charge is 2.12. The van der Waals surface area contributed by atoms with E-state index in [0.717, 1.165) is 9.77 Å². The van der Waals surface area contributed by atoms with Gasteiger partial charge in [-0.25, -0.2) is 4.98 Å². The number of nitrogens with two attached hydrogens (primary N) is 1. The number of thioether (sulfide) groups is 1. The van der Waals surface area contributed by atoms with E-state index in [9.17, 15) is 4.79 Å². The van der Waals surface area contributed by atoms with E-state index in [4.69, 9.17) is 5.73 Å². The maximum atomic E-state index is 11.9. The number of thiazole rings is 1. The van der Waals surface area contributed by atoms with Gasteiger partial charge in [0.15, 0.2) is 5.13 Å². The van der Waals surface area contributed by atoms with E-state index in [1.807, 2.05) is 38.1 Å². The molecule has 0 fully saturated rings. The van der Waals surface area contributed by atoms with Gasteiger partial charge in [0.05, 0.1) is 22.2 Å². The van der Waals surface area contributed by atoms with Gasteiger partial charge in [0, 0.05) is 0 Å². The first-order chi connectivity index (χ1) is 9.56. The molecule has 0 spiro atoms. The van der Waals surface area contributed by atoms with E-state index in [0.29, 0.717) is 10.9 Å². The van der Waals surface area contributed by atoms with Gasteiger partial charge in [-0.1, -0.05) is 35.6 Å². The van der Waals surface area contributed by atoms with E-state index < -0.39 is 0 Å². The first-order valence-electron chi connectivity index (χ1n) is 6.25. The fraction of sp³-hybridized carbons (Fsp3) is 0.286. The molecule has 2 rings (SSSR count). The molecule has 1 aromatic carbocycles. The number of hydrogen-bond acceptors (Lipinski definition) is 5. The van der Waals surface area contributed by atoms with E-state index in [1.165, 1.54) is 28.7 Å². The Morgan fingerprint density at radius 3 is 2.90 bits per heavy atom. The fourth-order valence-electron chi connectivity index (χ4n) is 1.91. The molecule has 20 heavy (non-hydrogen) atoms. The summed E-state index contributed by atoms with van der Waals surface area (Å²) >= 11 is 2.85. The lowest BCUT2D eigenvalue weighted by atomic mass is 10.0. The Hall–Kier alpha value is -1.53. The topological polar surface area (TPSA) is 68.0 Å². The largest absolute Gasteiger partial charge is 0.375 e. The van der Waals surface area contributed by atoms with Crippen LogP contribution in [0.1, 0.15) is 24.1 Å². The van der Waals surface area contributed by atoms with Crippen LogP contribution in [-0.4, -0.2) is 16.6 Å². The second kappa shape index (κ2) is 6.76. The standard InChI is InChI=1S/C14H17N3OS2/c1-9-5-3-4-6-11(9)10(2)17-12(18)8-19-13-7-16-14(15)20-13/h3-7,10H,8H2,1-2H3,(H2,15,16)(H,17,18). The van der Waals surface area contributed by atoms with Crippen molar-refractivity contribution in [1.82, 2.24) is 10.3 Å². The lowest BCUT2D eigenvalue weighted by Crippen LogP contribution is -2.28. The zero-order chi connectivity index (χ0) is 14.5. The van der Waals surface area contributed by atoms with Crippen LogP contribution < -0.4 is 11.1 Å². The smallest absolute Gasteiger partial charge is 0.230 e. The normalized spacial score (nSPS) is 12.1. The van der Waals surface area contributed by atoms with Gasteiger partial charge in [-0.05, 0) is 25.0 Å². The number of carbonyl (C=O) groups excluding carboxylic acids is 1. The van der Waals surface area contributed by atoms with Crippen LogP contribution in [0.5, 0.6) is 0 Å². The van der Waals surface area contributed by atoms with Crippen molar-refractivity contribution in [1.29, 1.82) is 0 Å². The van der Waals surface area contributed by atoms with Crippen LogP contribution in [0, 0.1) is 6.92 Å². The van der Waals surface area contributed by atoms with Crippen LogP contribution in [0.4, 0.5) is 5.13 Å². The molecule has 0 aliphatic heterocycles. The van der Waals surface area contributed by atoms with Gasteiger partial charge in [0.2, 0.25) is 5.91 Å². The molecule has 0 aliphatic carbocycles. The number of aryl methyl sites for hydroxylation is 1. The number of nitrogen functional groups attached to an aromatic ring is 1. The van der Waals surface area contributed by atoms with Crippen LogP contribution in [0.3, 0.4) is 0 Å². The van der Waals surface area contributed by atoms with Gasteiger partial charge in [0.25, 0.3) is 0 Å². The van der Waals surface area contributed by atoms with Crippen LogP contribution in [0.15, 0.2) is 34.7 Å². The van der Waals surface area contributed by atoms with Crippen LogP contribution in [0.25, 0.3) is 0 Å². The fourth-order valence-corrected chi connectivity index (χ4v) is 3.48. The van der Waals surface area contributed by atoms with Gasteiger partial charge < -0.3 is 11.1 Å². The molecule has 0 saturated carbocycles. The van der Waals surface area contributed by atoms with Crippen molar-refractivity contribution in [2.75, 3.05) is 11.5 Å². The quantitative estimate of drug-likeness (QED) is 0.833. The molecule has 1 heterocycles. The number of nitrogens with zero attached hydrogens (tertiary/aromatic N) is 1. The number of carbonyl (C=O) groups is 1. The Morgan fingerprint density at radius 2 is 2.25 bits per heavy atom. The van der Waals surface area contributed by atoms with Crippen molar-refractivity contribution >= 4 is 34.1 Å². The molecular formula is C14H17N3OS2. The van der Waals surface area contributed by atoms with E-state index in [-0.39, 0.29) is 11.9 Å². The Bertz CT molecular complexity index is 598. The van der Waals surface area contributed by atoms with Crippen molar-refractivity contribution in [3.05, 3.63) is 41.6 Å². The van der Waals surface area contributed by atoms with Crippen molar-refractivity contribution < 1.29 is 4.79 Å². The van der Waals surface area contributed by atoms with Crippen LogP contribution in [-0.2, 0) is 4.79 Å². The molecule has 6 heteroatoms. The molecule has 0 saturated heterocycles. The molecule has 0 aliphatic rings. The highest BCUT2D eigenvalue weighted by atomic mass is 32.2. The molecule has 4 nitrogen and oxygen atoms in total. The lowest BCUT2D eigenvalue weighted by molar-refractivity contribution is -0.119. The Kier molecular flexibility index (Phi) is 5.03. The van der Waals surface area contributed by atoms with E-state index in [1.54, 1.807) is 6.20 Å². The van der Waals surface area contributed by atoms with E-state index in [2.05, 4.69) is 10.3 Å². The molecule has 2 aromatic rings. The second-order valence-electron chi connectivity index (χ2n) is 4.45. The average molecular weight is 307 g/mol. The zero-order valence-corrected chi connectivity index (χ0v) is 13.1. The number of nitrogens with one attached hydrogen (secondary N) is 1. The molecular weight excluding hydrogens is 290 g/mol. The van der Waals surface area contributed by atoms with Crippen molar-refractivity contribution in [3.63, 3.8) is 0 Å². The number of benzene rings is 1. The summed E-state index contributed by atoms with van der Waals surface area (Å²) in [5.41, 5.74) is 7.88. The van der Waals surface area contributed by atoms with Gasteiger partial charge in [-0.2, -0.15) is 0 Å². The summed E-state index contributed by atoms with van der Waals surface area (Å²) in [7, 11) is 0. The van der Waals surface area contributed by atoms with Gasteiger partial charge in [-0.3, -0.25) is 4.79 Å².